The lowest BCUT2D eigenvalue weighted by Crippen LogP contribution is -2.28. The number of hydrogen-bond donors (Lipinski definition) is 2. The summed E-state index contributed by atoms with van der Waals surface area (Å²) in [6.45, 7) is 2.62. The highest BCUT2D eigenvalue weighted by molar-refractivity contribution is 5.47. The molecule has 3 aromatic rings. The highest BCUT2D eigenvalue weighted by Gasteiger charge is 2.31. The van der Waals surface area contributed by atoms with E-state index < -0.39 is 0 Å². The molecule has 0 fully saturated rings. The zero-order valence-electron chi connectivity index (χ0n) is 16.8. The predicted octanol–water partition coefficient (Wildman–Crippen LogP) is 3.42. The van der Waals surface area contributed by atoms with Gasteiger partial charge in [-0.25, -0.2) is 4.68 Å². The maximum absolute atomic E-state index is 5.89. The van der Waals surface area contributed by atoms with Gasteiger partial charge in [0.05, 0.1) is 32.9 Å². The van der Waals surface area contributed by atoms with Gasteiger partial charge in [0.15, 0.2) is 11.5 Å². The topological polar surface area (TPSA) is 96.5 Å². The van der Waals surface area contributed by atoms with Gasteiger partial charge in [0.25, 0.3) is 0 Å². The van der Waals surface area contributed by atoms with Crippen LogP contribution in [0.4, 0.5) is 11.9 Å². The third-order valence-corrected chi connectivity index (χ3v) is 5.09. The lowest BCUT2D eigenvalue weighted by atomic mass is 9.93. The fraction of sp³-hybridized carbons (Fsp3) is 0.333. The van der Waals surface area contributed by atoms with Crippen LogP contribution in [0.15, 0.2) is 42.5 Å². The molecule has 4 rings (SSSR count). The molecule has 2 aromatic carbocycles. The van der Waals surface area contributed by atoms with Crippen LogP contribution >= 0.6 is 0 Å². The largest absolute Gasteiger partial charge is 0.494 e. The van der Waals surface area contributed by atoms with Gasteiger partial charge in [0.1, 0.15) is 5.75 Å². The average Bonchev–Trinajstić information content (AvgIpc) is 3.13. The molecule has 8 heteroatoms. The maximum atomic E-state index is 5.89. The number of ether oxygens (including phenoxy) is 3. The smallest absolute Gasteiger partial charge is 0.241 e. The fourth-order valence-corrected chi connectivity index (χ4v) is 3.71. The molecular weight excluding hydrogens is 370 g/mol. The van der Waals surface area contributed by atoms with E-state index in [0.29, 0.717) is 24.1 Å². The molecule has 0 spiro atoms. The summed E-state index contributed by atoms with van der Waals surface area (Å²) in [5.74, 6) is 3.11. The van der Waals surface area contributed by atoms with Gasteiger partial charge < -0.3 is 25.3 Å². The van der Waals surface area contributed by atoms with Crippen molar-refractivity contribution in [2.75, 3.05) is 31.9 Å². The zero-order valence-corrected chi connectivity index (χ0v) is 16.8. The van der Waals surface area contributed by atoms with E-state index in [-0.39, 0.29) is 18.0 Å². The van der Waals surface area contributed by atoms with Crippen LogP contribution in [0.5, 0.6) is 17.2 Å². The second kappa shape index (κ2) is 7.90. The Morgan fingerprint density at radius 3 is 2.48 bits per heavy atom. The van der Waals surface area contributed by atoms with Crippen molar-refractivity contribution in [3.63, 3.8) is 0 Å². The zero-order chi connectivity index (χ0) is 20.4. The Kier molecular flexibility index (Phi) is 5.16. The van der Waals surface area contributed by atoms with Crippen LogP contribution in [-0.4, -0.2) is 35.6 Å². The van der Waals surface area contributed by atoms with Crippen molar-refractivity contribution >= 4 is 11.9 Å². The Bertz CT molecular complexity index is 986. The van der Waals surface area contributed by atoms with Gasteiger partial charge in [-0.1, -0.05) is 18.2 Å². The molecule has 29 heavy (non-hydrogen) atoms. The van der Waals surface area contributed by atoms with Crippen LogP contribution in [0.3, 0.4) is 0 Å². The molecule has 2 atom stereocenters. The van der Waals surface area contributed by atoms with Gasteiger partial charge in [-0.3, -0.25) is 0 Å². The Morgan fingerprint density at radius 2 is 1.79 bits per heavy atom. The first-order valence-corrected chi connectivity index (χ1v) is 9.56. The average molecular weight is 395 g/mol. The number of rotatable bonds is 6. The van der Waals surface area contributed by atoms with Gasteiger partial charge >= 0.3 is 0 Å². The highest BCUT2D eigenvalue weighted by atomic mass is 16.5. The number of aromatic nitrogens is 3. The molecule has 8 nitrogen and oxygen atoms in total. The molecule has 0 saturated heterocycles. The molecule has 152 valence electrons. The minimum Gasteiger partial charge on any atom is -0.494 e. The standard InChI is InChI=1S/C21H25N5O3/c1-4-29-15-8-5-13(6-9-15)16-12-17(26-21(23-16)24-20(22)25-26)14-7-10-18(27-2)19(11-14)28-3/h5-11,16-17H,4,12H2,1-3H3,(H3,22,23,24,25)/t16-,17-/m1/s1. The summed E-state index contributed by atoms with van der Waals surface area (Å²) in [6.07, 6.45) is 0.777. The third kappa shape index (κ3) is 3.65. The number of fused-ring (bicyclic) bond motifs is 1. The number of nitrogens with two attached hydrogens (primary N) is 1. The van der Waals surface area contributed by atoms with Crippen LogP contribution in [-0.2, 0) is 0 Å². The Labute approximate surface area is 169 Å². The van der Waals surface area contributed by atoms with Gasteiger partial charge in [0, 0.05) is 0 Å². The molecule has 3 N–H and O–H groups in total. The first kappa shape index (κ1) is 18.9. The molecule has 0 unspecified atom stereocenters. The van der Waals surface area contributed by atoms with Crippen LogP contribution in [0.25, 0.3) is 0 Å². The molecule has 1 aromatic heterocycles. The summed E-state index contributed by atoms with van der Waals surface area (Å²) >= 11 is 0. The molecule has 1 aliphatic heterocycles. The summed E-state index contributed by atoms with van der Waals surface area (Å²) < 4.78 is 18.2. The van der Waals surface area contributed by atoms with E-state index in [1.54, 1.807) is 14.2 Å². The summed E-state index contributed by atoms with van der Waals surface area (Å²) in [5, 5.41) is 7.85. The van der Waals surface area contributed by atoms with Crippen molar-refractivity contribution in [1.82, 2.24) is 14.8 Å². The summed E-state index contributed by atoms with van der Waals surface area (Å²) in [4.78, 5) is 4.36. The monoisotopic (exact) mass is 395 g/mol. The van der Waals surface area contributed by atoms with E-state index >= 15 is 0 Å². The van der Waals surface area contributed by atoms with Gasteiger partial charge in [-0.05, 0) is 48.7 Å². The lowest BCUT2D eigenvalue weighted by Gasteiger charge is -2.32. The quantitative estimate of drug-likeness (QED) is 0.660. The van der Waals surface area contributed by atoms with E-state index in [4.69, 9.17) is 19.9 Å². The number of benzene rings is 2. The third-order valence-electron chi connectivity index (χ3n) is 5.09. The SMILES string of the molecule is CCOc1ccc([C@H]2C[C@H](c3ccc(OC)c(OC)c3)n3nc(N)nc3N2)cc1. The molecule has 2 heterocycles. The minimum absolute atomic E-state index is 0.0487. The first-order valence-electron chi connectivity index (χ1n) is 9.56. The van der Waals surface area contributed by atoms with Gasteiger partial charge in [-0.15, -0.1) is 5.10 Å². The van der Waals surface area contributed by atoms with E-state index in [0.717, 1.165) is 23.3 Å². The van der Waals surface area contributed by atoms with Gasteiger partial charge in [0.2, 0.25) is 11.9 Å². The Hall–Kier alpha value is -3.42. The van der Waals surface area contributed by atoms with Crippen LogP contribution in [0, 0.1) is 0 Å². The number of nitrogens with one attached hydrogen (secondary N) is 1. The van der Waals surface area contributed by atoms with Crippen molar-refractivity contribution < 1.29 is 14.2 Å². The molecule has 0 radical (unpaired) electrons. The second-order valence-electron chi connectivity index (χ2n) is 6.80. The first-order chi connectivity index (χ1) is 14.1. The lowest BCUT2D eigenvalue weighted by molar-refractivity contribution is 0.340. The van der Waals surface area contributed by atoms with Crippen molar-refractivity contribution in [3.8, 4) is 17.2 Å². The molecule has 0 bridgehead atoms. The van der Waals surface area contributed by atoms with E-state index in [2.05, 4.69) is 27.5 Å². The summed E-state index contributed by atoms with van der Waals surface area (Å²) in [5.41, 5.74) is 8.09. The highest BCUT2D eigenvalue weighted by Crippen LogP contribution is 2.40. The van der Waals surface area contributed by atoms with E-state index in [1.165, 1.54) is 0 Å². The molecule has 0 amide bonds. The summed E-state index contributed by atoms with van der Waals surface area (Å²) in [6, 6.07) is 14.0. The normalized spacial score (nSPS) is 17.9. The van der Waals surface area contributed by atoms with Crippen molar-refractivity contribution in [2.45, 2.75) is 25.4 Å². The number of methoxy groups -OCH3 is 2. The van der Waals surface area contributed by atoms with Crippen molar-refractivity contribution in [1.29, 1.82) is 0 Å². The molecular formula is C21H25N5O3. The fourth-order valence-electron chi connectivity index (χ4n) is 3.71. The number of anilines is 2. The van der Waals surface area contributed by atoms with Crippen LogP contribution < -0.4 is 25.3 Å². The number of hydrogen-bond acceptors (Lipinski definition) is 7. The summed E-state index contributed by atoms with van der Waals surface area (Å²) in [7, 11) is 3.26. The van der Waals surface area contributed by atoms with Gasteiger partial charge in [-0.2, -0.15) is 4.98 Å². The minimum atomic E-state index is -0.0487. The van der Waals surface area contributed by atoms with Crippen molar-refractivity contribution in [3.05, 3.63) is 53.6 Å². The maximum Gasteiger partial charge on any atom is 0.241 e. The Balaban J connectivity index is 1.69. The number of nitrogen functional groups attached to an aromatic ring is 1. The molecule has 1 aliphatic rings. The molecule has 0 saturated carbocycles. The van der Waals surface area contributed by atoms with Crippen molar-refractivity contribution in [2.24, 2.45) is 0 Å². The van der Waals surface area contributed by atoms with E-state index in [9.17, 15) is 0 Å². The second-order valence-corrected chi connectivity index (χ2v) is 6.80. The predicted molar refractivity (Wildman–Crippen MR) is 111 cm³/mol. The number of nitrogens with zero attached hydrogens (tertiary/aromatic N) is 3. The van der Waals surface area contributed by atoms with E-state index in [1.807, 2.05) is 41.9 Å². The Morgan fingerprint density at radius 1 is 1.07 bits per heavy atom. The van der Waals surface area contributed by atoms with Crippen LogP contribution in [0.1, 0.15) is 36.6 Å². The molecule has 0 aliphatic carbocycles. The van der Waals surface area contributed by atoms with Crippen LogP contribution in [0.2, 0.25) is 0 Å².